The first kappa shape index (κ1) is 18.3. The number of benzene rings is 1. The maximum atomic E-state index is 14.1. The molecule has 0 unspecified atom stereocenters. The van der Waals surface area contributed by atoms with Crippen LogP contribution in [0.5, 0.6) is 0 Å². The molecule has 0 atom stereocenters. The molecule has 0 spiro atoms. The highest BCUT2D eigenvalue weighted by atomic mass is 35.5. The molecule has 0 aliphatic rings. The fourth-order valence-corrected chi connectivity index (χ4v) is 2.60. The Morgan fingerprint density at radius 3 is 2.46 bits per heavy atom. The lowest BCUT2D eigenvalue weighted by molar-refractivity contribution is -0.143. The average molecular weight is 383 g/mol. The van der Waals surface area contributed by atoms with Gasteiger partial charge in [-0.3, -0.25) is 4.68 Å². The van der Waals surface area contributed by atoms with E-state index in [0.29, 0.717) is 4.68 Å². The Morgan fingerprint density at radius 1 is 1.33 bits per heavy atom. The molecule has 0 aliphatic carbocycles. The number of hydrogen-bond acceptors (Lipinski definition) is 2. The Kier molecular flexibility index (Phi) is 4.91. The van der Waals surface area contributed by atoms with Crippen LogP contribution in [0.1, 0.15) is 11.3 Å². The number of halogens is 6. The maximum absolute atomic E-state index is 14.1. The van der Waals surface area contributed by atoms with Gasteiger partial charge in [0.25, 0.3) is 0 Å². The summed E-state index contributed by atoms with van der Waals surface area (Å²) in [4.78, 5) is 10.6. The van der Waals surface area contributed by atoms with Crippen molar-refractivity contribution in [2.45, 2.75) is 6.18 Å². The number of nitrogens with zero attached hydrogens (tertiary/aromatic N) is 2. The SMILES string of the molecule is Cn1nc(-c2cc(/C=C/C(=O)O)c(Cl)cc2F)c(Cl)c1C(F)(F)F. The first-order valence-electron chi connectivity index (χ1n) is 6.22. The zero-order valence-electron chi connectivity index (χ0n) is 11.8. The molecule has 24 heavy (non-hydrogen) atoms. The van der Waals surface area contributed by atoms with Crippen molar-refractivity contribution in [3.63, 3.8) is 0 Å². The minimum atomic E-state index is -4.77. The monoisotopic (exact) mass is 382 g/mol. The van der Waals surface area contributed by atoms with E-state index in [2.05, 4.69) is 5.10 Å². The fourth-order valence-electron chi connectivity index (χ4n) is 2.01. The second-order valence-electron chi connectivity index (χ2n) is 4.66. The third-order valence-corrected chi connectivity index (χ3v) is 3.69. The quantitative estimate of drug-likeness (QED) is 0.620. The summed E-state index contributed by atoms with van der Waals surface area (Å²) in [5, 5.41) is 11.4. The van der Waals surface area contributed by atoms with Gasteiger partial charge in [0, 0.05) is 18.7 Å². The van der Waals surface area contributed by atoms with Crippen molar-refractivity contribution in [1.29, 1.82) is 0 Å². The van der Waals surface area contributed by atoms with Crippen LogP contribution in [-0.4, -0.2) is 20.9 Å². The number of aliphatic carboxylic acids is 1. The molecule has 4 nitrogen and oxygen atoms in total. The number of hydrogen-bond donors (Lipinski definition) is 1. The highest BCUT2D eigenvalue weighted by molar-refractivity contribution is 6.34. The predicted octanol–water partition coefficient (Wildman–Crippen LogP) is 4.65. The molecule has 128 valence electrons. The highest BCUT2D eigenvalue weighted by Gasteiger charge is 2.39. The molecule has 1 aromatic heterocycles. The smallest absolute Gasteiger partial charge is 0.434 e. The molecule has 0 aliphatic heterocycles. The fraction of sp³-hybridized carbons (Fsp3) is 0.143. The van der Waals surface area contributed by atoms with Crippen LogP contribution in [0, 0.1) is 5.82 Å². The van der Waals surface area contributed by atoms with Crippen LogP contribution in [0.25, 0.3) is 17.3 Å². The minimum absolute atomic E-state index is 0.0887. The van der Waals surface area contributed by atoms with Crippen molar-refractivity contribution in [3.8, 4) is 11.3 Å². The van der Waals surface area contributed by atoms with E-state index in [1.807, 2.05) is 0 Å². The molecule has 0 saturated carbocycles. The molecule has 0 saturated heterocycles. The van der Waals surface area contributed by atoms with Gasteiger partial charge < -0.3 is 5.11 Å². The van der Waals surface area contributed by atoms with E-state index in [1.54, 1.807) is 0 Å². The van der Waals surface area contributed by atoms with Crippen LogP contribution in [-0.2, 0) is 18.0 Å². The Labute approximate surface area is 142 Å². The van der Waals surface area contributed by atoms with Crippen molar-refractivity contribution in [3.05, 3.63) is 45.3 Å². The Hall–Kier alpha value is -2.06. The maximum Gasteiger partial charge on any atom is 0.434 e. The molecule has 2 aromatic rings. The van der Waals surface area contributed by atoms with E-state index in [9.17, 15) is 22.4 Å². The molecule has 0 bridgehead atoms. The standard InChI is InChI=1S/C14H8Cl2F4N2O2/c1-22-13(14(18,19)20)11(16)12(21-22)7-4-6(2-3-10(23)24)8(15)5-9(7)17/h2-5H,1H3,(H,23,24)/b3-2+. The summed E-state index contributed by atoms with van der Waals surface area (Å²) >= 11 is 11.5. The first-order chi connectivity index (χ1) is 11.0. The van der Waals surface area contributed by atoms with Crippen LogP contribution in [0.4, 0.5) is 17.6 Å². The molecule has 2 rings (SSSR count). The summed E-state index contributed by atoms with van der Waals surface area (Å²) in [7, 11) is 1.03. The van der Waals surface area contributed by atoms with E-state index in [-0.39, 0.29) is 16.1 Å². The normalized spacial score (nSPS) is 12.1. The van der Waals surface area contributed by atoms with Gasteiger partial charge in [-0.2, -0.15) is 18.3 Å². The zero-order chi connectivity index (χ0) is 18.2. The molecule has 1 N–H and O–H groups in total. The molecular weight excluding hydrogens is 375 g/mol. The van der Waals surface area contributed by atoms with E-state index in [0.717, 1.165) is 31.3 Å². The Balaban J connectivity index is 2.66. The van der Waals surface area contributed by atoms with Gasteiger partial charge in [-0.05, 0) is 23.8 Å². The lowest BCUT2D eigenvalue weighted by Crippen LogP contribution is -2.12. The summed E-state index contributed by atoms with van der Waals surface area (Å²) in [5.74, 6) is -2.21. The number of carbonyl (C=O) groups is 1. The molecule has 0 radical (unpaired) electrons. The predicted molar refractivity (Wildman–Crippen MR) is 80.3 cm³/mol. The van der Waals surface area contributed by atoms with Crippen LogP contribution >= 0.6 is 23.2 Å². The van der Waals surface area contributed by atoms with Crippen molar-refractivity contribution >= 4 is 35.2 Å². The van der Waals surface area contributed by atoms with Gasteiger partial charge in [0.2, 0.25) is 0 Å². The summed E-state index contributed by atoms with van der Waals surface area (Å²) < 4.78 is 53.5. The number of aromatic nitrogens is 2. The molecular formula is C14H8Cl2F4N2O2. The number of carboxylic acid groups (broad SMARTS) is 1. The topological polar surface area (TPSA) is 55.1 Å². The molecule has 0 fully saturated rings. The van der Waals surface area contributed by atoms with Crippen LogP contribution in [0.2, 0.25) is 10.0 Å². The first-order valence-corrected chi connectivity index (χ1v) is 6.98. The minimum Gasteiger partial charge on any atom is -0.478 e. The van der Waals surface area contributed by atoms with E-state index in [4.69, 9.17) is 28.3 Å². The molecule has 0 amide bonds. The van der Waals surface area contributed by atoms with Crippen molar-refractivity contribution in [2.24, 2.45) is 7.05 Å². The second kappa shape index (κ2) is 6.45. The zero-order valence-corrected chi connectivity index (χ0v) is 13.3. The second-order valence-corrected chi connectivity index (χ2v) is 5.44. The third-order valence-electron chi connectivity index (χ3n) is 3.00. The summed E-state index contributed by atoms with van der Waals surface area (Å²) in [6.45, 7) is 0. The summed E-state index contributed by atoms with van der Waals surface area (Å²) in [6, 6.07) is 1.92. The number of alkyl halides is 3. The van der Waals surface area contributed by atoms with E-state index >= 15 is 0 Å². The number of aryl methyl sites for hydroxylation is 1. The van der Waals surface area contributed by atoms with Crippen LogP contribution < -0.4 is 0 Å². The Morgan fingerprint density at radius 2 is 1.96 bits per heavy atom. The Bertz CT molecular complexity index is 844. The van der Waals surface area contributed by atoms with Crippen LogP contribution in [0.3, 0.4) is 0 Å². The molecule has 10 heteroatoms. The highest BCUT2D eigenvalue weighted by Crippen LogP contribution is 2.40. The van der Waals surface area contributed by atoms with Gasteiger partial charge in [0.05, 0.1) is 10.0 Å². The largest absolute Gasteiger partial charge is 0.478 e. The van der Waals surface area contributed by atoms with Gasteiger partial charge >= 0.3 is 12.1 Å². The average Bonchev–Trinajstić information content (AvgIpc) is 2.72. The van der Waals surface area contributed by atoms with Gasteiger partial charge in [-0.1, -0.05) is 23.2 Å². The lowest BCUT2D eigenvalue weighted by Gasteiger charge is -2.07. The number of rotatable bonds is 3. The van der Waals surface area contributed by atoms with Gasteiger partial charge in [0.1, 0.15) is 11.5 Å². The van der Waals surface area contributed by atoms with Crippen molar-refractivity contribution in [2.75, 3.05) is 0 Å². The van der Waals surface area contributed by atoms with Crippen molar-refractivity contribution in [1.82, 2.24) is 9.78 Å². The van der Waals surface area contributed by atoms with E-state index in [1.165, 1.54) is 0 Å². The summed E-state index contributed by atoms with van der Waals surface area (Å²) in [6.07, 6.45) is -2.94. The van der Waals surface area contributed by atoms with Crippen LogP contribution in [0.15, 0.2) is 18.2 Å². The third kappa shape index (κ3) is 3.54. The van der Waals surface area contributed by atoms with Gasteiger partial charge in [-0.25, -0.2) is 9.18 Å². The molecule has 1 heterocycles. The lowest BCUT2D eigenvalue weighted by atomic mass is 10.1. The summed E-state index contributed by atoms with van der Waals surface area (Å²) in [5.41, 5.74) is -1.90. The van der Waals surface area contributed by atoms with Crippen molar-refractivity contribution < 1.29 is 27.5 Å². The van der Waals surface area contributed by atoms with E-state index < -0.39 is 34.4 Å². The molecule has 1 aromatic carbocycles. The number of carboxylic acids is 1. The van der Waals surface area contributed by atoms with Gasteiger partial charge in [0.15, 0.2) is 5.69 Å². The van der Waals surface area contributed by atoms with Gasteiger partial charge in [-0.15, -0.1) is 0 Å².